The molecule has 2 saturated heterocycles. The van der Waals surface area contributed by atoms with E-state index in [0.29, 0.717) is 44.6 Å². The number of carbonyl (C=O) groups is 2. The minimum atomic E-state index is -0.715. The Morgan fingerprint density at radius 2 is 1.54 bits per heavy atom. The quantitative estimate of drug-likeness (QED) is 0.857. The first kappa shape index (κ1) is 18.7. The Hall–Kier alpha value is -2.12. The van der Waals surface area contributed by atoms with Crippen molar-refractivity contribution in [3.63, 3.8) is 0 Å². The predicted octanol–water partition coefficient (Wildman–Crippen LogP) is 0.748. The molecular weight excluding hydrogens is 334 g/mol. The molecule has 0 unspecified atom stereocenters. The van der Waals surface area contributed by atoms with Crippen molar-refractivity contribution < 1.29 is 19.1 Å². The van der Waals surface area contributed by atoms with E-state index in [1.807, 2.05) is 4.90 Å². The van der Waals surface area contributed by atoms with Crippen molar-refractivity contribution in [3.05, 3.63) is 29.8 Å². The summed E-state index contributed by atoms with van der Waals surface area (Å²) >= 11 is 0. The Balaban J connectivity index is 1.59. The van der Waals surface area contributed by atoms with E-state index in [0.717, 1.165) is 18.8 Å². The summed E-state index contributed by atoms with van der Waals surface area (Å²) in [6, 6.07) is 7.11. The summed E-state index contributed by atoms with van der Waals surface area (Å²) in [7, 11) is 3.22. The molecule has 7 nitrogen and oxygen atoms in total. The number of hydrogen-bond donors (Lipinski definition) is 1. The second-order valence-electron chi connectivity index (χ2n) is 6.76. The van der Waals surface area contributed by atoms with Crippen LogP contribution in [0.5, 0.6) is 5.75 Å². The second-order valence-corrected chi connectivity index (χ2v) is 6.76. The maximum atomic E-state index is 13.0. The molecule has 2 aliphatic rings. The highest BCUT2D eigenvalue weighted by Gasteiger charge is 2.43. The van der Waals surface area contributed by atoms with Gasteiger partial charge in [-0.1, -0.05) is 0 Å². The molecule has 3 rings (SSSR count). The van der Waals surface area contributed by atoms with Crippen molar-refractivity contribution in [1.82, 2.24) is 15.1 Å². The van der Waals surface area contributed by atoms with Gasteiger partial charge in [0.1, 0.15) is 11.4 Å². The minimum Gasteiger partial charge on any atom is -0.497 e. The number of methoxy groups -OCH3 is 2. The highest BCUT2D eigenvalue weighted by Crippen LogP contribution is 2.26. The van der Waals surface area contributed by atoms with Crippen molar-refractivity contribution in [3.8, 4) is 5.75 Å². The molecule has 2 aliphatic heterocycles. The van der Waals surface area contributed by atoms with Crippen molar-refractivity contribution in [2.45, 2.75) is 18.4 Å². The van der Waals surface area contributed by atoms with Gasteiger partial charge in [0.15, 0.2) is 0 Å². The third-order valence-corrected chi connectivity index (χ3v) is 5.38. The fraction of sp³-hybridized carbons (Fsp3) is 0.579. The van der Waals surface area contributed by atoms with Gasteiger partial charge in [-0.25, -0.2) is 0 Å². The summed E-state index contributed by atoms with van der Waals surface area (Å²) in [6.45, 7) is 3.73. The van der Waals surface area contributed by atoms with Gasteiger partial charge >= 0.3 is 0 Å². The van der Waals surface area contributed by atoms with Crippen molar-refractivity contribution in [2.75, 3.05) is 53.5 Å². The number of nitrogens with one attached hydrogen (secondary N) is 1. The summed E-state index contributed by atoms with van der Waals surface area (Å²) in [5, 5.41) is 3.27. The molecule has 0 atom stereocenters. The fourth-order valence-electron chi connectivity index (χ4n) is 3.65. The second kappa shape index (κ2) is 8.05. The third kappa shape index (κ3) is 3.68. The summed E-state index contributed by atoms with van der Waals surface area (Å²) < 4.78 is 10.8. The lowest BCUT2D eigenvalue weighted by atomic mass is 9.90. The first-order valence-corrected chi connectivity index (χ1v) is 9.08. The SMILES string of the molecule is COc1ccc(C(=O)N2CCN(C(=O)C3(OC)CCNCC3)CC2)cc1. The van der Waals surface area contributed by atoms with E-state index in [1.54, 1.807) is 43.4 Å². The molecule has 0 bridgehead atoms. The van der Waals surface area contributed by atoms with Crippen LogP contribution in [0.1, 0.15) is 23.2 Å². The Morgan fingerprint density at radius 3 is 2.08 bits per heavy atom. The molecule has 26 heavy (non-hydrogen) atoms. The average Bonchev–Trinajstić information content (AvgIpc) is 2.73. The van der Waals surface area contributed by atoms with E-state index in [1.165, 1.54) is 0 Å². The van der Waals surface area contributed by atoms with Crippen LogP contribution in [-0.4, -0.2) is 80.7 Å². The number of hydrogen-bond acceptors (Lipinski definition) is 5. The molecule has 0 saturated carbocycles. The van der Waals surface area contributed by atoms with Crippen LogP contribution < -0.4 is 10.1 Å². The van der Waals surface area contributed by atoms with Gasteiger partial charge in [0.25, 0.3) is 11.8 Å². The van der Waals surface area contributed by atoms with Crippen molar-refractivity contribution in [2.24, 2.45) is 0 Å². The van der Waals surface area contributed by atoms with Crippen LogP contribution in [0.4, 0.5) is 0 Å². The van der Waals surface area contributed by atoms with Crippen LogP contribution in [0.15, 0.2) is 24.3 Å². The van der Waals surface area contributed by atoms with Gasteiger partial charge < -0.3 is 24.6 Å². The summed E-state index contributed by atoms with van der Waals surface area (Å²) in [5.41, 5.74) is -0.0785. The zero-order valence-electron chi connectivity index (χ0n) is 15.5. The van der Waals surface area contributed by atoms with Crippen LogP contribution in [0.2, 0.25) is 0 Å². The van der Waals surface area contributed by atoms with Gasteiger partial charge in [0.2, 0.25) is 0 Å². The molecule has 2 fully saturated rings. The van der Waals surface area contributed by atoms with Crippen LogP contribution in [-0.2, 0) is 9.53 Å². The maximum Gasteiger partial charge on any atom is 0.255 e. The number of carbonyl (C=O) groups excluding carboxylic acids is 2. The molecule has 2 heterocycles. The van der Waals surface area contributed by atoms with Crippen LogP contribution >= 0.6 is 0 Å². The first-order chi connectivity index (χ1) is 12.6. The number of rotatable bonds is 4. The Bertz CT molecular complexity index is 633. The largest absolute Gasteiger partial charge is 0.497 e. The van der Waals surface area contributed by atoms with Crippen LogP contribution in [0.3, 0.4) is 0 Å². The topological polar surface area (TPSA) is 71.1 Å². The monoisotopic (exact) mass is 361 g/mol. The number of piperidine rings is 1. The predicted molar refractivity (Wildman–Crippen MR) is 97.3 cm³/mol. The molecule has 1 aromatic rings. The van der Waals surface area contributed by atoms with Gasteiger partial charge in [0.05, 0.1) is 7.11 Å². The summed E-state index contributed by atoms with van der Waals surface area (Å²) in [5.74, 6) is 0.768. The number of piperazine rings is 1. The summed E-state index contributed by atoms with van der Waals surface area (Å²) in [4.78, 5) is 29.3. The molecular formula is C19H27N3O4. The highest BCUT2D eigenvalue weighted by atomic mass is 16.5. The molecule has 0 radical (unpaired) electrons. The van der Waals surface area contributed by atoms with Crippen LogP contribution in [0.25, 0.3) is 0 Å². The summed E-state index contributed by atoms with van der Waals surface area (Å²) in [6.07, 6.45) is 1.38. The molecule has 1 N–H and O–H groups in total. The molecule has 0 spiro atoms. The molecule has 1 aromatic carbocycles. The molecule has 142 valence electrons. The van der Waals surface area contributed by atoms with Gasteiger partial charge in [-0.2, -0.15) is 0 Å². The lowest BCUT2D eigenvalue weighted by Gasteiger charge is -2.42. The van der Waals surface area contributed by atoms with Gasteiger partial charge in [-0.3, -0.25) is 9.59 Å². The van der Waals surface area contributed by atoms with E-state index in [-0.39, 0.29) is 11.8 Å². The number of benzene rings is 1. The first-order valence-electron chi connectivity index (χ1n) is 9.08. The minimum absolute atomic E-state index is 0.0110. The van der Waals surface area contributed by atoms with E-state index < -0.39 is 5.60 Å². The lowest BCUT2D eigenvalue weighted by molar-refractivity contribution is -0.159. The Morgan fingerprint density at radius 1 is 0.962 bits per heavy atom. The Kier molecular flexibility index (Phi) is 5.78. The van der Waals surface area contributed by atoms with Crippen LogP contribution in [0, 0.1) is 0 Å². The van der Waals surface area contributed by atoms with E-state index in [2.05, 4.69) is 5.32 Å². The van der Waals surface area contributed by atoms with E-state index >= 15 is 0 Å². The number of amides is 2. The molecule has 0 aromatic heterocycles. The van der Waals surface area contributed by atoms with Gasteiger partial charge in [0, 0.05) is 38.9 Å². The zero-order valence-corrected chi connectivity index (χ0v) is 15.5. The fourth-order valence-corrected chi connectivity index (χ4v) is 3.65. The van der Waals surface area contributed by atoms with Gasteiger partial charge in [-0.05, 0) is 50.2 Å². The molecule has 2 amide bonds. The van der Waals surface area contributed by atoms with Crippen molar-refractivity contribution in [1.29, 1.82) is 0 Å². The third-order valence-electron chi connectivity index (χ3n) is 5.38. The molecule has 7 heteroatoms. The standard InChI is InChI=1S/C19H27N3O4/c1-25-16-5-3-15(4-6-16)17(23)21-11-13-22(14-12-21)18(24)19(26-2)7-9-20-10-8-19/h3-6,20H,7-14H2,1-2H3. The highest BCUT2D eigenvalue weighted by molar-refractivity contribution is 5.94. The lowest BCUT2D eigenvalue weighted by Crippen LogP contribution is -2.59. The van der Waals surface area contributed by atoms with E-state index in [4.69, 9.17) is 9.47 Å². The van der Waals surface area contributed by atoms with Gasteiger partial charge in [-0.15, -0.1) is 0 Å². The number of nitrogens with zero attached hydrogens (tertiary/aromatic N) is 2. The zero-order chi connectivity index (χ0) is 18.6. The van der Waals surface area contributed by atoms with Crippen molar-refractivity contribution >= 4 is 11.8 Å². The average molecular weight is 361 g/mol. The smallest absolute Gasteiger partial charge is 0.255 e. The van der Waals surface area contributed by atoms with E-state index in [9.17, 15) is 9.59 Å². The molecule has 0 aliphatic carbocycles. The maximum absolute atomic E-state index is 13.0. The normalized spacial score (nSPS) is 19.9. The number of ether oxygens (including phenoxy) is 2. The Labute approximate surface area is 154 Å².